The smallest absolute Gasteiger partial charge is 0.342 e. The van der Waals surface area contributed by atoms with Gasteiger partial charge in [0.2, 0.25) is 0 Å². The maximum absolute atomic E-state index is 12.6. The zero-order valence-corrected chi connectivity index (χ0v) is 11.4. The average molecular weight is 295 g/mol. The molecule has 0 amide bonds. The number of benzene rings is 1. The van der Waals surface area contributed by atoms with Gasteiger partial charge in [-0.3, -0.25) is 0 Å². The summed E-state index contributed by atoms with van der Waals surface area (Å²) in [7, 11) is 0. The molecule has 0 aliphatic heterocycles. The van der Waals surface area contributed by atoms with Crippen LogP contribution in [-0.4, -0.2) is 16.5 Å². The first-order valence-electron chi connectivity index (χ1n) is 6.93. The number of aromatic nitrogens is 2. The number of aryl methyl sites for hydroxylation is 1. The third-order valence-electron chi connectivity index (χ3n) is 3.97. The number of aromatic amines is 1. The van der Waals surface area contributed by atoms with E-state index in [2.05, 4.69) is 9.97 Å². The SMILES string of the molecule is NCC1CCc2nc(-c3ccc(C(F)(F)F)cc3)[nH]c2C1. The predicted molar refractivity (Wildman–Crippen MR) is 73.6 cm³/mol. The van der Waals surface area contributed by atoms with Gasteiger partial charge in [0.15, 0.2) is 0 Å². The summed E-state index contributed by atoms with van der Waals surface area (Å²) in [6.45, 7) is 0.647. The second kappa shape index (κ2) is 5.18. The number of nitrogens with one attached hydrogen (secondary N) is 1. The number of hydrogen-bond donors (Lipinski definition) is 2. The maximum atomic E-state index is 12.6. The summed E-state index contributed by atoms with van der Waals surface area (Å²) < 4.78 is 37.7. The number of alkyl halides is 3. The van der Waals surface area contributed by atoms with Crippen molar-refractivity contribution in [2.75, 3.05) is 6.54 Å². The van der Waals surface area contributed by atoms with Crippen molar-refractivity contribution in [3.05, 3.63) is 41.2 Å². The first-order chi connectivity index (χ1) is 9.97. The molecule has 1 aromatic heterocycles. The lowest BCUT2D eigenvalue weighted by molar-refractivity contribution is -0.137. The molecule has 3 nitrogen and oxygen atoms in total. The minimum Gasteiger partial charge on any atom is -0.342 e. The average Bonchev–Trinajstić information content (AvgIpc) is 2.89. The fourth-order valence-corrected chi connectivity index (χ4v) is 2.71. The number of H-pyrrole nitrogens is 1. The third kappa shape index (κ3) is 2.81. The Kier molecular flexibility index (Phi) is 3.49. The number of nitrogens with zero attached hydrogens (tertiary/aromatic N) is 1. The van der Waals surface area contributed by atoms with Crippen molar-refractivity contribution in [2.24, 2.45) is 11.7 Å². The minimum absolute atomic E-state index is 0.457. The van der Waals surface area contributed by atoms with Gasteiger partial charge in [0, 0.05) is 11.3 Å². The van der Waals surface area contributed by atoms with Crippen molar-refractivity contribution in [3.63, 3.8) is 0 Å². The second-order valence-electron chi connectivity index (χ2n) is 5.43. The van der Waals surface area contributed by atoms with Gasteiger partial charge >= 0.3 is 6.18 Å². The van der Waals surface area contributed by atoms with Gasteiger partial charge < -0.3 is 10.7 Å². The van der Waals surface area contributed by atoms with Crippen molar-refractivity contribution in [1.82, 2.24) is 9.97 Å². The molecule has 0 saturated carbocycles. The molecule has 1 unspecified atom stereocenters. The highest BCUT2D eigenvalue weighted by Crippen LogP contribution is 2.31. The summed E-state index contributed by atoms with van der Waals surface area (Å²) in [4.78, 5) is 7.73. The van der Waals surface area contributed by atoms with Gasteiger partial charge in [0.1, 0.15) is 5.82 Å². The first-order valence-corrected chi connectivity index (χ1v) is 6.93. The second-order valence-corrected chi connectivity index (χ2v) is 5.43. The Morgan fingerprint density at radius 3 is 2.57 bits per heavy atom. The number of nitrogens with two attached hydrogens (primary N) is 1. The Bertz CT molecular complexity index is 629. The Morgan fingerprint density at radius 1 is 1.24 bits per heavy atom. The van der Waals surface area contributed by atoms with Gasteiger partial charge in [-0.05, 0) is 43.9 Å². The van der Waals surface area contributed by atoms with Crippen LogP contribution in [0.5, 0.6) is 0 Å². The van der Waals surface area contributed by atoms with Crippen LogP contribution in [0.25, 0.3) is 11.4 Å². The van der Waals surface area contributed by atoms with E-state index in [1.54, 1.807) is 0 Å². The molecular formula is C15H16F3N3. The largest absolute Gasteiger partial charge is 0.416 e. The van der Waals surface area contributed by atoms with Gasteiger partial charge in [-0.25, -0.2) is 4.98 Å². The zero-order chi connectivity index (χ0) is 15.0. The van der Waals surface area contributed by atoms with E-state index in [0.29, 0.717) is 23.9 Å². The van der Waals surface area contributed by atoms with Crippen LogP contribution < -0.4 is 5.73 Å². The molecule has 1 aliphatic rings. The van der Waals surface area contributed by atoms with Gasteiger partial charge in [-0.2, -0.15) is 13.2 Å². The lowest BCUT2D eigenvalue weighted by atomic mass is 9.90. The predicted octanol–water partition coefficient (Wildman–Crippen LogP) is 3.16. The number of imidazole rings is 1. The quantitative estimate of drug-likeness (QED) is 0.894. The van der Waals surface area contributed by atoms with Gasteiger partial charge in [-0.1, -0.05) is 12.1 Å². The van der Waals surface area contributed by atoms with Crippen LogP contribution in [-0.2, 0) is 19.0 Å². The molecule has 1 aromatic carbocycles. The van der Waals surface area contributed by atoms with Crippen LogP contribution in [0.15, 0.2) is 24.3 Å². The highest BCUT2D eigenvalue weighted by Gasteiger charge is 2.30. The molecule has 3 rings (SSSR count). The summed E-state index contributed by atoms with van der Waals surface area (Å²) in [6.07, 6.45) is -1.57. The summed E-state index contributed by atoms with van der Waals surface area (Å²) >= 11 is 0. The maximum Gasteiger partial charge on any atom is 0.416 e. The van der Waals surface area contributed by atoms with E-state index in [1.807, 2.05) is 0 Å². The summed E-state index contributed by atoms with van der Waals surface area (Å²) in [5.74, 6) is 1.09. The molecule has 1 heterocycles. The summed E-state index contributed by atoms with van der Waals surface area (Å²) in [5.41, 5.74) is 7.79. The summed E-state index contributed by atoms with van der Waals surface area (Å²) in [6, 6.07) is 5.07. The van der Waals surface area contributed by atoms with E-state index in [9.17, 15) is 13.2 Å². The van der Waals surface area contributed by atoms with Crippen molar-refractivity contribution < 1.29 is 13.2 Å². The Hall–Kier alpha value is -1.82. The topological polar surface area (TPSA) is 54.7 Å². The molecule has 1 aliphatic carbocycles. The molecule has 0 saturated heterocycles. The molecule has 6 heteroatoms. The molecule has 112 valence electrons. The van der Waals surface area contributed by atoms with Crippen LogP contribution >= 0.6 is 0 Å². The van der Waals surface area contributed by atoms with Gasteiger partial charge in [-0.15, -0.1) is 0 Å². The van der Waals surface area contributed by atoms with E-state index >= 15 is 0 Å². The Morgan fingerprint density at radius 2 is 1.95 bits per heavy atom. The highest BCUT2D eigenvalue weighted by atomic mass is 19.4. The van der Waals surface area contributed by atoms with E-state index in [4.69, 9.17) is 5.73 Å². The standard InChI is InChI=1S/C15H16F3N3/c16-15(17,18)11-4-2-10(3-5-11)14-20-12-6-1-9(8-19)7-13(12)21-14/h2-5,9H,1,6-8,19H2,(H,20,21). The van der Waals surface area contributed by atoms with Crippen molar-refractivity contribution in [1.29, 1.82) is 0 Å². The van der Waals surface area contributed by atoms with Crippen molar-refractivity contribution in [2.45, 2.75) is 25.4 Å². The third-order valence-corrected chi connectivity index (χ3v) is 3.97. The Labute approximate surface area is 120 Å². The molecule has 1 atom stereocenters. The van der Waals surface area contributed by atoms with Crippen molar-refractivity contribution >= 4 is 0 Å². The van der Waals surface area contributed by atoms with Crippen LogP contribution in [0.2, 0.25) is 0 Å². The van der Waals surface area contributed by atoms with Crippen LogP contribution in [0.1, 0.15) is 23.4 Å². The molecule has 2 aromatic rings. The van der Waals surface area contributed by atoms with Gasteiger partial charge in [0.05, 0.1) is 11.3 Å². The van der Waals surface area contributed by atoms with Crippen molar-refractivity contribution in [3.8, 4) is 11.4 Å². The normalized spacial score (nSPS) is 18.6. The number of fused-ring (bicyclic) bond motifs is 1. The number of halogens is 3. The molecule has 0 radical (unpaired) electrons. The van der Waals surface area contributed by atoms with E-state index in [0.717, 1.165) is 42.8 Å². The van der Waals surface area contributed by atoms with Gasteiger partial charge in [0.25, 0.3) is 0 Å². The molecule has 0 bridgehead atoms. The molecule has 0 spiro atoms. The molecule has 3 N–H and O–H groups in total. The fraction of sp³-hybridized carbons (Fsp3) is 0.400. The summed E-state index contributed by atoms with van der Waals surface area (Å²) in [5, 5.41) is 0. The Balaban J connectivity index is 1.87. The molecular weight excluding hydrogens is 279 g/mol. The monoisotopic (exact) mass is 295 g/mol. The molecule has 21 heavy (non-hydrogen) atoms. The first kappa shape index (κ1) is 14.1. The van der Waals surface area contributed by atoms with Crippen LogP contribution in [0.3, 0.4) is 0 Å². The van der Waals surface area contributed by atoms with Crippen LogP contribution in [0, 0.1) is 5.92 Å². The van der Waals surface area contributed by atoms with Crippen LogP contribution in [0.4, 0.5) is 13.2 Å². The van der Waals surface area contributed by atoms with E-state index in [-0.39, 0.29) is 0 Å². The number of rotatable bonds is 2. The zero-order valence-electron chi connectivity index (χ0n) is 11.4. The fourth-order valence-electron chi connectivity index (χ4n) is 2.71. The van der Waals surface area contributed by atoms with E-state index in [1.165, 1.54) is 12.1 Å². The lowest BCUT2D eigenvalue weighted by Crippen LogP contribution is -2.22. The molecule has 0 fully saturated rings. The van der Waals surface area contributed by atoms with E-state index < -0.39 is 11.7 Å². The lowest BCUT2D eigenvalue weighted by Gasteiger charge is -2.18. The minimum atomic E-state index is -4.31. The highest BCUT2D eigenvalue weighted by molar-refractivity contribution is 5.57. The number of hydrogen-bond acceptors (Lipinski definition) is 2.